The third-order valence-electron chi connectivity index (χ3n) is 5.39. The lowest BCUT2D eigenvalue weighted by Gasteiger charge is -2.19. The number of rotatable bonds is 8. The summed E-state index contributed by atoms with van der Waals surface area (Å²) in [4.78, 5) is 29.2. The van der Waals surface area contributed by atoms with Crippen LogP contribution in [0.25, 0.3) is 10.9 Å². The molecular formula is C26H24ClN3O2. The van der Waals surface area contributed by atoms with Gasteiger partial charge in [-0.05, 0) is 35.7 Å². The molecule has 4 aromatic rings. The van der Waals surface area contributed by atoms with Crippen molar-refractivity contribution in [2.45, 2.75) is 18.9 Å². The minimum atomic E-state index is -0.742. The van der Waals surface area contributed by atoms with Gasteiger partial charge in [0.2, 0.25) is 5.91 Å². The van der Waals surface area contributed by atoms with Crippen LogP contribution in [-0.4, -0.2) is 29.4 Å². The molecule has 1 unspecified atom stereocenters. The molecule has 32 heavy (non-hydrogen) atoms. The summed E-state index contributed by atoms with van der Waals surface area (Å²) < 4.78 is 0. The number of nitrogens with one attached hydrogen (secondary N) is 3. The molecule has 0 saturated carbocycles. The second-order valence-corrected chi connectivity index (χ2v) is 8.00. The van der Waals surface area contributed by atoms with Crippen molar-refractivity contribution in [3.8, 4) is 0 Å². The average molecular weight is 446 g/mol. The van der Waals surface area contributed by atoms with Gasteiger partial charge in [0, 0.05) is 30.1 Å². The molecule has 1 aromatic heterocycles. The molecule has 0 radical (unpaired) electrons. The van der Waals surface area contributed by atoms with Crippen molar-refractivity contribution >= 4 is 34.3 Å². The topological polar surface area (TPSA) is 74.0 Å². The Bertz CT molecular complexity index is 1220. The highest BCUT2D eigenvalue weighted by atomic mass is 35.5. The predicted octanol–water partition coefficient (Wildman–Crippen LogP) is 4.52. The smallest absolute Gasteiger partial charge is 0.253 e. The first-order valence-electron chi connectivity index (χ1n) is 10.5. The number of carbonyl (C=O) groups excluding carboxylic acids is 2. The van der Waals surface area contributed by atoms with Crippen molar-refractivity contribution in [2.24, 2.45) is 0 Å². The molecule has 4 rings (SSSR count). The number of hydrogen-bond acceptors (Lipinski definition) is 2. The fraction of sp³-hybridized carbons (Fsp3) is 0.154. The van der Waals surface area contributed by atoms with E-state index in [0.717, 1.165) is 22.0 Å². The highest BCUT2D eigenvalue weighted by Crippen LogP contribution is 2.20. The molecule has 1 atom stereocenters. The molecule has 0 fully saturated rings. The van der Waals surface area contributed by atoms with Crippen LogP contribution in [0.2, 0.25) is 5.02 Å². The number of fused-ring (bicyclic) bond motifs is 1. The van der Waals surface area contributed by atoms with Crippen LogP contribution in [0.3, 0.4) is 0 Å². The van der Waals surface area contributed by atoms with E-state index < -0.39 is 6.04 Å². The van der Waals surface area contributed by atoms with Crippen molar-refractivity contribution in [1.29, 1.82) is 0 Å². The number of halogens is 1. The second-order valence-electron chi connectivity index (χ2n) is 7.60. The van der Waals surface area contributed by atoms with E-state index in [9.17, 15) is 9.59 Å². The molecule has 0 aliphatic rings. The highest BCUT2D eigenvalue weighted by molar-refractivity contribution is 6.33. The molecular weight excluding hydrogens is 422 g/mol. The number of carbonyl (C=O) groups is 2. The van der Waals surface area contributed by atoms with Crippen molar-refractivity contribution in [1.82, 2.24) is 15.6 Å². The molecule has 6 heteroatoms. The fourth-order valence-corrected chi connectivity index (χ4v) is 3.93. The molecule has 0 bridgehead atoms. The normalized spacial score (nSPS) is 11.8. The maximum absolute atomic E-state index is 13.1. The number of hydrogen-bond donors (Lipinski definition) is 3. The zero-order chi connectivity index (χ0) is 22.3. The van der Waals surface area contributed by atoms with E-state index in [4.69, 9.17) is 11.6 Å². The van der Waals surface area contributed by atoms with Crippen molar-refractivity contribution in [3.63, 3.8) is 0 Å². The van der Waals surface area contributed by atoms with Crippen LogP contribution in [0.5, 0.6) is 0 Å². The Hall–Kier alpha value is -3.57. The first kappa shape index (κ1) is 21.7. The summed E-state index contributed by atoms with van der Waals surface area (Å²) in [6.45, 7) is 0.481. The Kier molecular flexibility index (Phi) is 6.87. The predicted molar refractivity (Wildman–Crippen MR) is 128 cm³/mol. The van der Waals surface area contributed by atoms with E-state index in [-0.39, 0.29) is 11.8 Å². The lowest BCUT2D eigenvalue weighted by molar-refractivity contribution is -0.122. The van der Waals surface area contributed by atoms with Crippen LogP contribution in [0.1, 0.15) is 21.5 Å². The first-order valence-corrected chi connectivity index (χ1v) is 10.9. The van der Waals surface area contributed by atoms with E-state index in [1.165, 1.54) is 0 Å². The maximum atomic E-state index is 13.1. The third kappa shape index (κ3) is 5.18. The van der Waals surface area contributed by atoms with Gasteiger partial charge in [-0.15, -0.1) is 0 Å². The quantitative estimate of drug-likeness (QED) is 0.373. The minimum Gasteiger partial charge on any atom is -0.361 e. The Morgan fingerprint density at radius 2 is 1.62 bits per heavy atom. The van der Waals surface area contributed by atoms with Gasteiger partial charge in [0.25, 0.3) is 5.91 Å². The minimum absolute atomic E-state index is 0.230. The third-order valence-corrected chi connectivity index (χ3v) is 5.72. The lowest BCUT2D eigenvalue weighted by atomic mass is 10.0. The summed E-state index contributed by atoms with van der Waals surface area (Å²) in [6, 6.07) is 23.9. The van der Waals surface area contributed by atoms with Gasteiger partial charge in [-0.3, -0.25) is 9.59 Å². The van der Waals surface area contributed by atoms with Gasteiger partial charge in [0.15, 0.2) is 0 Å². The van der Waals surface area contributed by atoms with E-state index in [2.05, 4.69) is 15.6 Å². The molecule has 0 saturated heterocycles. The van der Waals surface area contributed by atoms with Crippen molar-refractivity contribution in [3.05, 3.63) is 107 Å². The Morgan fingerprint density at radius 3 is 2.44 bits per heavy atom. The number of aromatic amines is 1. The van der Waals surface area contributed by atoms with Crippen LogP contribution < -0.4 is 10.6 Å². The van der Waals surface area contributed by atoms with E-state index in [1.54, 1.807) is 24.3 Å². The summed E-state index contributed by atoms with van der Waals surface area (Å²) in [5.74, 6) is -0.606. The molecule has 3 N–H and O–H groups in total. The van der Waals surface area contributed by atoms with Gasteiger partial charge >= 0.3 is 0 Å². The Morgan fingerprint density at radius 1 is 0.906 bits per heavy atom. The molecule has 3 aromatic carbocycles. The number of benzene rings is 3. The lowest BCUT2D eigenvalue weighted by Crippen LogP contribution is -2.48. The number of amides is 2. The van der Waals surface area contributed by atoms with E-state index in [0.29, 0.717) is 30.0 Å². The molecule has 5 nitrogen and oxygen atoms in total. The molecule has 1 heterocycles. The molecule has 0 aliphatic heterocycles. The van der Waals surface area contributed by atoms with Gasteiger partial charge in [0.1, 0.15) is 6.04 Å². The Balaban J connectivity index is 1.50. The van der Waals surface area contributed by atoms with Gasteiger partial charge in [-0.2, -0.15) is 0 Å². The van der Waals surface area contributed by atoms with E-state index in [1.807, 2.05) is 60.8 Å². The first-order chi connectivity index (χ1) is 15.6. The highest BCUT2D eigenvalue weighted by Gasteiger charge is 2.23. The van der Waals surface area contributed by atoms with Crippen molar-refractivity contribution < 1.29 is 9.59 Å². The number of para-hydroxylation sites is 1. The summed E-state index contributed by atoms with van der Waals surface area (Å²) in [7, 11) is 0. The number of H-pyrrole nitrogens is 1. The largest absolute Gasteiger partial charge is 0.361 e. The fourth-order valence-electron chi connectivity index (χ4n) is 3.71. The van der Waals surface area contributed by atoms with Gasteiger partial charge in [-0.25, -0.2) is 0 Å². The standard InChI is InChI=1S/C26H24ClN3O2/c27-22-12-6-4-11-21(22)25(31)30-24(16-19-17-29-23-13-7-5-10-20(19)23)26(32)28-15-14-18-8-2-1-3-9-18/h1-13,17,24,29H,14-16H2,(H,28,32)(H,30,31). The van der Waals surface area contributed by atoms with E-state index >= 15 is 0 Å². The molecule has 162 valence electrons. The summed E-state index contributed by atoms with van der Waals surface area (Å²) >= 11 is 6.19. The van der Waals surface area contributed by atoms with Crippen LogP contribution in [0.15, 0.2) is 85.1 Å². The summed E-state index contributed by atoms with van der Waals surface area (Å²) in [5.41, 5.74) is 3.43. The SMILES string of the molecule is O=C(NC(Cc1c[nH]c2ccccc12)C(=O)NCCc1ccccc1)c1ccccc1Cl. The molecule has 0 aliphatic carbocycles. The zero-order valence-electron chi connectivity index (χ0n) is 17.5. The second kappa shape index (κ2) is 10.2. The average Bonchev–Trinajstić information content (AvgIpc) is 3.22. The maximum Gasteiger partial charge on any atom is 0.253 e. The monoisotopic (exact) mass is 445 g/mol. The number of aromatic nitrogens is 1. The molecule has 0 spiro atoms. The van der Waals surface area contributed by atoms with Gasteiger partial charge in [0.05, 0.1) is 10.6 Å². The van der Waals surface area contributed by atoms with Crippen LogP contribution in [-0.2, 0) is 17.6 Å². The summed E-state index contributed by atoms with van der Waals surface area (Å²) in [6.07, 6.45) is 2.96. The van der Waals surface area contributed by atoms with Gasteiger partial charge in [-0.1, -0.05) is 72.3 Å². The molecule has 2 amide bonds. The Labute approximate surface area is 191 Å². The summed E-state index contributed by atoms with van der Waals surface area (Å²) in [5, 5.41) is 7.22. The van der Waals surface area contributed by atoms with Crippen LogP contribution >= 0.6 is 11.6 Å². The van der Waals surface area contributed by atoms with Crippen molar-refractivity contribution in [2.75, 3.05) is 6.54 Å². The van der Waals surface area contributed by atoms with Crippen LogP contribution in [0.4, 0.5) is 0 Å². The zero-order valence-corrected chi connectivity index (χ0v) is 18.2. The van der Waals surface area contributed by atoms with Gasteiger partial charge < -0.3 is 15.6 Å². The van der Waals surface area contributed by atoms with Crippen LogP contribution in [0, 0.1) is 0 Å².